The van der Waals surface area contributed by atoms with Crippen LogP contribution in [0.25, 0.3) is 0 Å². The number of hydrogen-bond acceptors (Lipinski definition) is 4. The van der Waals surface area contributed by atoms with Crippen LogP contribution in [0.4, 0.5) is 4.79 Å². The molecule has 1 fully saturated rings. The van der Waals surface area contributed by atoms with Crippen molar-refractivity contribution in [2.24, 2.45) is 5.73 Å². The topological polar surface area (TPSA) is 97.4 Å². The van der Waals surface area contributed by atoms with E-state index >= 15 is 0 Å². The van der Waals surface area contributed by atoms with Gasteiger partial charge in [0.15, 0.2) is 0 Å². The summed E-state index contributed by atoms with van der Waals surface area (Å²) in [4.78, 5) is 31.3. The number of carbonyl (C=O) groups is 2. The number of rotatable bonds is 4. The Morgan fingerprint density at radius 1 is 1.50 bits per heavy atom. The fourth-order valence-electron chi connectivity index (χ4n) is 2.81. The highest BCUT2D eigenvalue weighted by Gasteiger charge is 2.29. The molecule has 1 aliphatic heterocycles. The number of amides is 3. The number of nitrogens with two attached hydrogens (primary N) is 1. The molecule has 2 N–H and O–H groups in total. The molecule has 1 saturated heterocycles. The Morgan fingerprint density at radius 3 is 2.77 bits per heavy atom. The highest BCUT2D eigenvalue weighted by molar-refractivity contribution is 5.88. The largest absolute Gasteiger partial charge is 0.363 e. The van der Waals surface area contributed by atoms with Gasteiger partial charge in [0.1, 0.15) is 6.33 Å². The van der Waals surface area contributed by atoms with Crippen molar-refractivity contribution in [1.82, 2.24) is 24.6 Å². The first-order valence-electron chi connectivity index (χ1n) is 7.70. The first-order chi connectivity index (χ1) is 10.4. The Balaban J connectivity index is 2.07. The number of likely N-dealkylation sites (tertiary alicyclic amines) is 1. The zero-order valence-corrected chi connectivity index (χ0v) is 13.4. The highest BCUT2D eigenvalue weighted by Crippen LogP contribution is 2.22. The van der Waals surface area contributed by atoms with Crippen molar-refractivity contribution in [1.29, 1.82) is 0 Å². The molecule has 0 radical (unpaired) electrons. The van der Waals surface area contributed by atoms with Crippen LogP contribution in [0.2, 0.25) is 0 Å². The van der Waals surface area contributed by atoms with Gasteiger partial charge >= 0.3 is 6.03 Å². The minimum Gasteiger partial charge on any atom is -0.363 e. The average Bonchev–Trinajstić information content (AvgIpc) is 2.97. The summed E-state index contributed by atoms with van der Waals surface area (Å²) in [5.74, 6) is -0.625. The second-order valence-corrected chi connectivity index (χ2v) is 5.82. The summed E-state index contributed by atoms with van der Waals surface area (Å²) < 4.78 is 1.64. The lowest BCUT2D eigenvalue weighted by Gasteiger charge is -2.37. The van der Waals surface area contributed by atoms with Gasteiger partial charge in [0, 0.05) is 25.7 Å². The maximum atomic E-state index is 12.6. The highest BCUT2D eigenvalue weighted by atomic mass is 16.2. The Hall–Kier alpha value is -2.12. The number of piperidine rings is 1. The molecule has 2 rings (SSSR count). The molecule has 1 aromatic rings. The van der Waals surface area contributed by atoms with Gasteiger partial charge in [-0.1, -0.05) is 0 Å². The number of primary amides is 1. The minimum atomic E-state index is -0.639. The minimum absolute atomic E-state index is 0.0146. The molecule has 3 amide bonds. The van der Waals surface area contributed by atoms with Crippen molar-refractivity contribution in [2.45, 2.75) is 45.7 Å². The van der Waals surface area contributed by atoms with E-state index in [4.69, 9.17) is 5.73 Å². The van der Waals surface area contributed by atoms with Crippen LogP contribution >= 0.6 is 0 Å². The molecule has 0 aromatic carbocycles. The lowest BCUT2D eigenvalue weighted by atomic mass is 10.1. The molecule has 2 heterocycles. The second-order valence-electron chi connectivity index (χ2n) is 5.82. The number of nitrogens with zero attached hydrogens (tertiary/aromatic N) is 5. The monoisotopic (exact) mass is 308 g/mol. The number of hydrogen-bond donors (Lipinski definition) is 1. The summed E-state index contributed by atoms with van der Waals surface area (Å²) in [6.07, 6.45) is 3.32. The first-order valence-corrected chi connectivity index (χ1v) is 7.70. The Bertz CT molecular complexity index is 541. The molecule has 0 aliphatic carbocycles. The molecule has 8 heteroatoms. The van der Waals surface area contributed by atoms with Crippen LogP contribution in [0.15, 0.2) is 6.33 Å². The van der Waals surface area contributed by atoms with Crippen molar-refractivity contribution in [3.63, 3.8) is 0 Å². The van der Waals surface area contributed by atoms with Gasteiger partial charge in [-0.25, -0.2) is 14.5 Å². The van der Waals surface area contributed by atoms with Crippen LogP contribution in [0.5, 0.6) is 0 Å². The average molecular weight is 308 g/mol. The Labute approximate surface area is 130 Å². The molecule has 8 nitrogen and oxygen atoms in total. The van der Waals surface area contributed by atoms with Crippen molar-refractivity contribution >= 4 is 11.9 Å². The van der Waals surface area contributed by atoms with E-state index in [1.807, 2.05) is 30.6 Å². The van der Waals surface area contributed by atoms with Crippen LogP contribution in [-0.2, 0) is 0 Å². The van der Waals surface area contributed by atoms with Gasteiger partial charge in [0.2, 0.25) is 5.82 Å². The third-order valence-electron chi connectivity index (χ3n) is 3.98. The van der Waals surface area contributed by atoms with Crippen molar-refractivity contribution < 1.29 is 9.59 Å². The second kappa shape index (κ2) is 6.76. The van der Waals surface area contributed by atoms with E-state index in [1.54, 1.807) is 4.68 Å². The molecule has 22 heavy (non-hydrogen) atoms. The van der Waals surface area contributed by atoms with Gasteiger partial charge in [0.05, 0.1) is 6.04 Å². The standard InChI is InChI=1S/C14H24N6O2/c1-4-19(10(2)3)14(22)18-7-5-6-11(8-18)20-9-16-13(17-20)12(15)21/h9-11H,4-8H2,1-3H3,(H2,15,21). The maximum Gasteiger partial charge on any atom is 0.320 e. The Morgan fingerprint density at radius 2 is 2.23 bits per heavy atom. The normalized spacial score (nSPS) is 18.5. The fourth-order valence-corrected chi connectivity index (χ4v) is 2.81. The molecule has 1 atom stereocenters. The first kappa shape index (κ1) is 16.3. The SMILES string of the molecule is CCN(C(=O)N1CCCC(n2cnc(C(N)=O)n2)C1)C(C)C. The van der Waals surface area contributed by atoms with Gasteiger partial charge in [-0.05, 0) is 33.6 Å². The van der Waals surface area contributed by atoms with E-state index in [0.717, 1.165) is 19.4 Å². The van der Waals surface area contributed by atoms with Crippen molar-refractivity contribution in [3.8, 4) is 0 Å². The lowest BCUT2D eigenvalue weighted by Crippen LogP contribution is -2.50. The lowest BCUT2D eigenvalue weighted by molar-refractivity contribution is 0.0987. The van der Waals surface area contributed by atoms with Crippen LogP contribution < -0.4 is 5.73 Å². The van der Waals surface area contributed by atoms with E-state index in [9.17, 15) is 9.59 Å². The Kier molecular flexibility index (Phi) is 4.99. The van der Waals surface area contributed by atoms with Gasteiger partial charge in [-0.2, -0.15) is 0 Å². The number of urea groups is 1. The molecule has 1 unspecified atom stereocenters. The molecule has 1 aliphatic rings. The van der Waals surface area contributed by atoms with Crippen LogP contribution in [0, 0.1) is 0 Å². The van der Waals surface area contributed by atoms with Crippen LogP contribution in [-0.4, -0.2) is 62.2 Å². The molecular weight excluding hydrogens is 284 g/mol. The molecular formula is C14H24N6O2. The predicted octanol–water partition coefficient (Wildman–Crippen LogP) is 0.864. The summed E-state index contributed by atoms with van der Waals surface area (Å²) in [6.45, 7) is 8.01. The van der Waals surface area contributed by atoms with E-state index in [1.165, 1.54) is 6.33 Å². The van der Waals surface area contributed by atoms with Gasteiger partial charge in [-0.3, -0.25) is 4.79 Å². The van der Waals surface area contributed by atoms with Gasteiger partial charge in [0.25, 0.3) is 5.91 Å². The van der Waals surface area contributed by atoms with E-state index in [-0.39, 0.29) is 23.9 Å². The fraction of sp³-hybridized carbons (Fsp3) is 0.714. The molecule has 0 bridgehead atoms. The molecule has 0 spiro atoms. The third-order valence-corrected chi connectivity index (χ3v) is 3.98. The maximum absolute atomic E-state index is 12.6. The quantitative estimate of drug-likeness (QED) is 0.892. The van der Waals surface area contributed by atoms with E-state index in [0.29, 0.717) is 13.1 Å². The molecule has 0 saturated carbocycles. The summed E-state index contributed by atoms with van der Waals surface area (Å²) in [5, 5.41) is 4.11. The molecule has 122 valence electrons. The number of carbonyl (C=O) groups excluding carboxylic acids is 2. The van der Waals surface area contributed by atoms with E-state index in [2.05, 4.69) is 10.1 Å². The number of aromatic nitrogens is 3. The zero-order valence-electron chi connectivity index (χ0n) is 13.4. The molecule has 1 aromatic heterocycles. The van der Waals surface area contributed by atoms with Crippen LogP contribution in [0.3, 0.4) is 0 Å². The summed E-state index contributed by atoms with van der Waals surface area (Å²) >= 11 is 0. The predicted molar refractivity (Wildman–Crippen MR) is 81.3 cm³/mol. The third kappa shape index (κ3) is 3.37. The summed E-state index contributed by atoms with van der Waals surface area (Å²) in [5.41, 5.74) is 5.17. The summed E-state index contributed by atoms with van der Waals surface area (Å²) in [7, 11) is 0. The van der Waals surface area contributed by atoms with Crippen molar-refractivity contribution in [2.75, 3.05) is 19.6 Å². The summed E-state index contributed by atoms with van der Waals surface area (Å²) in [6, 6.07) is 0.257. The van der Waals surface area contributed by atoms with Gasteiger partial charge < -0.3 is 15.5 Å². The van der Waals surface area contributed by atoms with Crippen LogP contribution in [0.1, 0.15) is 50.3 Å². The van der Waals surface area contributed by atoms with E-state index < -0.39 is 5.91 Å². The van der Waals surface area contributed by atoms with Gasteiger partial charge in [-0.15, -0.1) is 5.10 Å². The smallest absolute Gasteiger partial charge is 0.320 e. The zero-order chi connectivity index (χ0) is 16.3. The van der Waals surface area contributed by atoms with Crippen molar-refractivity contribution in [3.05, 3.63) is 12.2 Å².